The van der Waals surface area contributed by atoms with Gasteiger partial charge in [-0.15, -0.1) is 0 Å². The van der Waals surface area contributed by atoms with Crippen molar-refractivity contribution in [1.29, 1.82) is 0 Å². The number of hydrogen-bond acceptors (Lipinski definition) is 3. The molecule has 4 aromatic rings. The molecule has 0 radical (unpaired) electrons. The predicted molar refractivity (Wildman–Crippen MR) is 179 cm³/mol. The van der Waals surface area contributed by atoms with Crippen molar-refractivity contribution in [3.8, 4) is 5.69 Å². The lowest BCUT2D eigenvalue weighted by Crippen LogP contribution is -2.67. The maximum Gasteiger partial charge on any atom is 0.251 e. The lowest BCUT2D eigenvalue weighted by molar-refractivity contribution is -0.135. The second-order valence-corrected chi connectivity index (χ2v) is 15.1. The van der Waals surface area contributed by atoms with E-state index in [1.807, 2.05) is 92.2 Å². The lowest BCUT2D eigenvalue weighted by atomic mass is 9.51. The Labute approximate surface area is 269 Å². The number of halogens is 1. The fraction of sp³-hybridized carbons (Fsp3) is 0.395. The third kappa shape index (κ3) is 5.69. The van der Waals surface area contributed by atoms with Gasteiger partial charge in [0.1, 0.15) is 0 Å². The molecule has 4 saturated carbocycles. The molecule has 1 aromatic heterocycles. The Bertz CT molecular complexity index is 1820. The van der Waals surface area contributed by atoms with E-state index in [1.54, 1.807) is 12.1 Å². The Hall–Kier alpha value is -3.90. The summed E-state index contributed by atoms with van der Waals surface area (Å²) < 4.78 is 2.02. The molecule has 1 heterocycles. The summed E-state index contributed by atoms with van der Waals surface area (Å²) in [6.45, 7) is 5.90. The molecule has 0 spiro atoms. The topological polar surface area (TPSA) is 80.2 Å². The number of rotatable bonds is 6. The maximum absolute atomic E-state index is 13.5. The molecule has 4 aliphatic carbocycles. The van der Waals surface area contributed by atoms with Gasteiger partial charge < -0.3 is 15.2 Å². The quantitative estimate of drug-likeness (QED) is 0.242. The van der Waals surface area contributed by atoms with Crippen LogP contribution in [-0.2, 0) is 11.2 Å². The molecule has 45 heavy (non-hydrogen) atoms. The van der Waals surface area contributed by atoms with Crippen molar-refractivity contribution in [3.63, 3.8) is 0 Å². The summed E-state index contributed by atoms with van der Waals surface area (Å²) in [7, 11) is 0. The molecule has 4 fully saturated rings. The lowest BCUT2D eigenvalue weighted by Gasteiger charge is -2.60. The van der Waals surface area contributed by atoms with Crippen LogP contribution in [0, 0.1) is 23.2 Å². The smallest absolute Gasteiger partial charge is 0.251 e. The average Bonchev–Trinajstić information content (AvgIpc) is 3.00. The van der Waals surface area contributed by atoms with E-state index >= 15 is 0 Å². The second-order valence-electron chi connectivity index (χ2n) is 14.7. The molecule has 3 aromatic carbocycles. The SMILES string of the molecule is CC(C)(C)C(=O)NC12CC3C[C@H](C1)C(NC(=O)c1ccc(Cc4cn(-c5ccccc5)c5cc(Cl)ccc5c4=O)cc1)[C@@H](C3)C2. The van der Waals surface area contributed by atoms with Gasteiger partial charge in [-0.25, -0.2) is 0 Å². The third-order valence-corrected chi connectivity index (χ3v) is 10.6. The number of carbonyl (C=O) groups is 2. The van der Waals surface area contributed by atoms with Crippen LogP contribution in [0.4, 0.5) is 0 Å². The van der Waals surface area contributed by atoms with Gasteiger partial charge in [-0.2, -0.15) is 0 Å². The molecule has 4 aliphatic rings. The van der Waals surface area contributed by atoms with Gasteiger partial charge in [0, 0.05) is 56.8 Å². The first kappa shape index (κ1) is 29.8. The molecule has 5 atom stereocenters. The van der Waals surface area contributed by atoms with Crippen LogP contribution >= 0.6 is 11.6 Å². The maximum atomic E-state index is 13.5. The normalized spacial score (nSPS) is 25.3. The summed E-state index contributed by atoms with van der Waals surface area (Å²) in [5.41, 5.74) is 3.41. The van der Waals surface area contributed by atoms with E-state index in [1.165, 1.54) is 0 Å². The van der Waals surface area contributed by atoms with Crippen LogP contribution in [0.25, 0.3) is 16.6 Å². The molecule has 2 amide bonds. The first-order valence-corrected chi connectivity index (χ1v) is 16.5. The number of aromatic nitrogens is 1. The molecule has 6 nitrogen and oxygen atoms in total. The van der Waals surface area contributed by atoms with E-state index in [-0.39, 0.29) is 28.8 Å². The van der Waals surface area contributed by atoms with Crippen molar-refractivity contribution in [2.45, 2.75) is 70.9 Å². The summed E-state index contributed by atoms with van der Waals surface area (Å²) in [5, 5.41) is 8.03. The average molecular weight is 622 g/mol. The highest BCUT2D eigenvalue weighted by atomic mass is 35.5. The van der Waals surface area contributed by atoms with Gasteiger partial charge in [-0.3, -0.25) is 14.4 Å². The van der Waals surface area contributed by atoms with Crippen LogP contribution in [0.1, 0.15) is 74.4 Å². The molecular formula is C38H40ClN3O3. The van der Waals surface area contributed by atoms with Crippen molar-refractivity contribution < 1.29 is 9.59 Å². The Morgan fingerprint density at radius 2 is 1.62 bits per heavy atom. The van der Waals surface area contributed by atoms with Gasteiger partial charge in [0.15, 0.2) is 5.43 Å². The highest BCUT2D eigenvalue weighted by molar-refractivity contribution is 6.31. The van der Waals surface area contributed by atoms with Gasteiger partial charge in [0.2, 0.25) is 5.91 Å². The Morgan fingerprint density at radius 1 is 0.933 bits per heavy atom. The van der Waals surface area contributed by atoms with Crippen molar-refractivity contribution in [2.24, 2.45) is 23.2 Å². The molecule has 3 unspecified atom stereocenters. The number of nitrogens with one attached hydrogen (secondary N) is 2. The molecule has 0 aliphatic heterocycles. The molecule has 0 saturated heterocycles. The van der Waals surface area contributed by atoms with E-state index in [0.29, 0.717) is 45.7 Å². The zero-order chi connectivity index (χ0) is 31.5. The second kappa shape index (κ2) is 11.2. The van der Waals surface area contributed by atoms with Crippen molar-refractivity contribution in [1.82, 2.24) is 15.2 Å². The summed E-state index contributed by atoms with van der Waals surface area (Å²) in [4.78, 5) is 39.9. The summed E-state index contributed by atoms with van der Waals surface area (Å²) >= 11 is 6.31. The van der Waals surface area contributed by atoms with Crippen LogP contribution in [-0.4, -0.2) is 28.0 Å². The standard InChI is InChI=1S/C38H40ClN3O3/c1-37(2,3)36(45)41-38-19-24-16-26(20-38)33(27(17-24)21-38)40-35(44)25-11-9-23(10-12-25)15-28-22-42(30-7-5-4-6-8-30)32-18-29(39)13-14-31(32)34(28)43/h4-14,18,22,24,26-27,33H,15-17,19-21H2,1-3H3,(H,40,44)(H,41,45)/t24?,26-,27+,33?,38?. The highest BCUT2D eigenvalue weighted by Gasteiger charge is 2.56. The van der Waals surface area contributed by atoms with Crippen LogP contribution < -0.4 is 16.1 Å². The first-order chi connectivity index (χ1) is 21.5. The number of benzene rings is 3. The monoisotopic (exact) mass is 621 g/mol. The number of para-hydroxylation sites is 1. The fourth-order valence-corrected chi connectivity index (χ4v) is 8.52. The summed E-state index contributed by atoms with van der Waals surface area (Å²) in [6.07, 6.45) is 7.51. The minimum atomic E-state index is -0.413. The summed E-state index contributed by atoms with van der Waals surface area (Å²) in [6, 6.07) is 23.0. The molecule has 4 bridgehead atoms. The molecule has 2 N–H and O–H groups in total. The van der Waals surface area contributed by atoms with Crippen LogP contribution in [0.3, 0.4) is 0 Å². The van der Waals surface area contributed by atoms with Crippen LogP contribution in [0.5, 0.6) is 0 Å². The van der Waals surface area contributed by atoms with Crippen molar-refractivity contribution in [3.05, 3.63) is 111 Å². The minimum absolute atomic E-state index is 0.0194. The minimum Gasteiger partial charge on any atom is -0.350 e. The van der Waals surface area contributed by atoms with E-state index in [0.717, 1.165) is 48.9 Å². The largest absolute Gasteiger partial charge is 0.350 e. The van der Waals surface area contributed by atoms with Crippen molar-refractivity contribution >= 4 is 34.3 Å². The van der Waals surface area contributed by atoms with Crippen LogP contribution in [0.2, 0.25) is 5.02 Å². The van der Waals surface area contributed by atoms with Gasteiger partial charge in [-0.05, 0) is 97.9 Å². The van der Waals surface area contributed by atoms with E-state index in [2.05, 4.69) is 10.6 Å². The zero-order valence-electron chi connectivity index (χ0n) is 26.1. The molecule has 7 heteroatoms. The number of pyridine rings is 1. The number of carbonyl (C=O) groups excluding carboxylic acids is 2. The molecular weight excluding hydrogens is 582 g/mol. The fourth-order valence-electron chi connectivity index (χ4n) is 8.35. The van der Waals surface area contributed by atoms with E-state index in [9.17, 15) is 14.4 Å². The third-order valence-electron chi connectivity index (χ3n) is 10.3. The Balaban J connectivity index is 1.07. The van der Waals surface area contributed by atoms with Gasteiger partial charge in [0.25, 0.3) is 5.91 Å². The van der Waals surface area contributed by atoms with Crippen LogP contribution in [0.15, 0.2) is 83.8 Å². The molecule has 232 valence electrons. The van der Waals surface area contributed by atoms with Crippen molar-refractivity contribution in [2.75, 3.05) is 0 Å². The summed E-state index contributed by atoms with van der Waals surface area (Å²) in [5.74, 6) is 1.45. The van der Waals surface area contributed by atoms with Gasteiger partial charge in [-0.1, -0.05) is 62.7 Å². The van der Waals surface area contributed by atoms with E-state index in [4.69, 9.17) is 11.6 Å². The molecule has 8 rings (SSSR count). The number of hydrogen-bond donors (Lipinski definition) is 2. The highest BCUT2D eigenvalue weighted by Crippen LogP contribution is 2.56. The Morgan fingerprint density at radius 3 is 2.29 bits per heavy atom. The number of fused-ring (bicyclic) bond motifs is 1. The Kier molecular flexibility index (Phi) is 7.39. The number of amides is 2. The zero-order valence-corrected chi connectivity index (χ0v) is 26.9. The van der Waals surface area contributed by atoms with Gasteiger partial charge in [0.05, 0.1) is 5.52 Å². The van der Waals surface area contributed by atoms with E-state index < -0.39 is 5.41 Å². The predicted octanol–water partition coefficient (Wildman–Crippen LogP) is 7.07. The van der Waals surface area contributed by atoms with Gasteiger partial charge >= 0.3 is 0 Å². The number of nitrogens with zero attached hydrogens (tertiary/aromatic N) is 1. The first-order valence-electron chi connectivity index (χ1n) is 16.1.